The fourth-order valence-electron chi connectivity index (χ4n) is 0.410. The van der Waals surface area contributed by atoms with Gasteiger partial charge in [-0.1, -0.05) is 17.9 Å². The minimum absolute atomic E-state index is 0.794. The fourth-order valence-corrected chi connectivity index (χ4v) is 0.932. The Morgan fingerprint density at radius 3 is 3.11 bits per heavy atom. The van der Waals surface area contributed by atoms with Crippen molar-refractivity contribution in [2.45, 2.75) is 6.92 Å². The van der Waals surface area contributed by atoms with Crippen LogP contribution in [0.1, 0.15) is 6.92 Å². The van der Waals surface area contributed by atoms with E-state index in [-0.39, 0.29) is 0 Å². The van der Waals surface area contributed by atoms with Crippen molar-refractivity contribution >= 4 is 16.5 Å². The number of allylic oxidation sites excluding steroid dienone is 1. The summed E-state index contributed by atoms with van der Waals surface area (Å²) in [4.78, 5) is 0. The number of anilines is 1. The molecule has 0 saturated carbocycles. The van der Waals surface area contributed by atoms with Crippen LogP contribution in [0, 0.1) is 0 Å². The Kier molecular flexibility index (Phi) is 1.79. The largest absolute Gasteiger partial charge is 0.335 e. The molecule has 4 heteroatoms. The van der Waals surface area contributed by atoms with Gasteiger partial charge in [0.15, 0.2) is 0 Å². The van der Waals surface area contributed by atoms with Crippen LogP contribution in [0.5, 0.6) is 0 Å². The van der Waals surface area contributed by atoms with Crippen molar-refractivity contribution < 1.29 is 0 Å². The summed E-state index contributed by atoms with van der Waals surface area (Å²) < 4.78 is 0. The first-order valence-corrected chi connectivity index (χ1v) is 3.35. The molecule has 0 spiro atoms. The zero-order valence-corrected chi connectivity index (χ0v) is 5.90. The molecule has 1 N–H and O–H groups in total. The smallest absolute Gasteiger partial charge is 0.209 e. The van der Waals surface area contributed by atoms with Crippen LogP contribution in [0.3, 0.4) is 0 Å². The molecule has 1 aromatic rings. The van der Waals surface area contributed by atoms with Gasteiger partial charge in [-0.05, 0) is 6.92 Å². The monoisotopic (exact) mass is 141 g/mol. The molecule has 0 radical (unpaired) electrons. The Labute approximate surface area is 57.4 Å². The topological polar surface area (TPSA) is 37.8 Å². The van der Waals surface area contributed by atoms with E-state index in [1.165, 1.54) is 11.3 Å². The lowest BCUT2D eigenvalue weighted by Crippen LogP contribution is -1.91. The molecule has 0 bridgehead atoms. The molecule has 9 heavy (non-hydrogen) atoms. The first-order valence-electron chi connectivity index (χ1n) is 2.48. The Morgan fingerprint density at radius 1 is 1.89 bits per heavy atom. The predicted molar refractivity (Wildman–Crippen MR) is 38.3 cm³/mol. The number of hydrogen-bond donors (Lipinski definition) is 1. The third kappa shape index (κ3) is 1.81. The van der Waals surface area contributed by atoms with Gasteiger partial charge < -0.3 is 5.32 Å². The summed E-state index contributed by atoms with van der Waals surface area (Å²) in [5.41, 5.74) is 2.55. The first kappa shape index (κ1) is 6.22. The highest BCUT2D eigenvalue weighted by atomic mass is 32.1. The SMILES string of the molecule is C=C(C)Nc1nncs1. The highest BCUT2D eigenvalue weighted by Crippen LogP contribution is 2.09. The summed E-state index contributed by atoms with van der Waals surface area (Å²) in [7, 11) is 0. The van der Waals surface area contributed by atoms with Gasteiger partial charge in [0.2, 0.25) is 5.13 Å². The van der Waals surface area contributed by atoms with Gasteiger partial charge in [0.1, 0.15) is 5.51 Å². The molecule has 0 aliphatic heterocycles. The highest BCUT2D eigenvalue weighted by molar-refractivity contribution is 7.13. The van der Waals surface area contributed by atoms with Crippen molar-refractivity contribution in [3.63, 3.8) is 0 Å². The van der Waals surface area contributed by atoms with E-state index in [1.807, 2.05) is 6.92 Å². The molecule has 0 amide bonds. The molecule has 0 aromatic carbocycles. The molecule has 0 unspecified atom stereocenters. The van der Waals surface area contributed by atoms with Crippen LogP contribution in [0.2, 0.25) is 0 Å². The molecule has 1 aromatic heterocycles. The van der Waals surface area contributed by atoms with Gasteiger partial charge in [0.05, 0.1) is 0 Å². The fraction of sp³-hybridized carbons (Fsp3) is 0.200. The average Bonchev–Trinajstić information content (AvgIpc) is 2.15. The molecular formula is C5H7N3S. The molecular weight excluding hydrogens is 134 g/mol. The van der Waals surface area contributed by atoms with Gasteiger partial charge in [-0.15, -0.1) is 10.2 Å². The van der Waals surface area contributed by atoms with Gasteiger partial charge in [0.25, 0.3) is 0 Å². The van der Waals surface area contributed by atoms with Crippen molar-refractivity contribution in [2.24, 2.45) is 0 Å². The summed E-state index contributed by atoms with van der Waals surface area (Å²) >= 11 is 1.46. The van der Waals surface area contributed by atoms with Crippen LogP contribution in [-0.2, 0) is 0 Å². The molecule has 0 saturated heterocycles. The normalized spacial score (nSPS) is 9.00. The lowest BCUT2D eigenvalue weighted by Gasteiger charge is -1.95. The summed E-state index contributed by atoms with van der Waals surface area (Å²) in [6, 6.07) is 0. The van der Waals surface area contributed by atoms with E-state index in [2.05, 4.69) is 22.1 Å². The van der Waals surface area contributed by atoms with Crippen molar-refractivity contribution in [3.05, 3.63) is 17.8 Å². The Hall–Kier alpha value is -0.900. The maximum Gasteiger partial charge on any atom is 0.209 e. The lowest BCUT2D eigenvalue weighted by molar-refractivity contribution is 1.09. The molecule has 0 aliphatic carbocycles. The third-order valence-corrected chi connectivity index (χ3v) is 1.29. The number of nitrogens with zero attached hydrogens (tertiary/aromatic N) is 2. The maximum atomic E-state index is 3.75. The van der Waals surface area contributed by atoms with Crippen LogP contribution < -0.4 is 5.32 Å². The Balaban J connectivity index is 2.58. The molecule has 48 valence electrons. The molecule has 0 aliphatic rings. The minimum Gasteiger partial charge on any atom is -0.335 e. The summed E-state index contributed by atoms with van der Waals surface area (Å²) in [5, 5.41) is 11.1. The van der Waals surface area contributed by atoms with Crippen LogP contribution in [0.15, 0.2) is 17.8 Å². The van der Waals surface area contributed by atoms with Gasteiger partial charge in [-0.2, -0.15) is 0 Å². The number of aromatic nitrogens is 2. The molecule has 3 nitrogen and oxygen atoms in total. The van der Waals surface area contributed by atoms with Gasteiger partial charge in [-0.25, -0.2) is 0 Å². The molecule has 0 fully saturated rings. The second-order valence-electron chi connectivity index (χ2n) is 1.65. The van der Waals surface area contributed by atoms with Gasteiger partial charge in [0, 0.05) is 5.70 Å². The van der Waals surface area contributed by atoms with E-state index in [0.29, 0.717) is 0 Å². The zero-order valence-electron chi connectivity index (χ0n) is 5.09. The van der Waals surface area contributed by atoms with Crippen LogP contribution in [0.25, 0.3) is 0 Å². The van der Waals surface area contributed by atoms with E-state index in [9.17, 15) is 0 Å². The summed E-state index contributed by atoms with van der Waals surface area (Å²) in [5.74, 6) is 0. The standard InChI is InChI=1S/C5H7N3S/c1-4(2)7-5-8-6-3-9-5/h3H,1H2,2H3,(H,7,8). The van der Waals surface area contributed by atoms with Crippen LogP contribution in [-0.4, -0.2) is 10.2 Å². The third-order valence-electron chi connectivity index (χ3n) is 0.680. The second-order valence-corrected chi connectivity index (χ2v) is 2.48. The van der Waals surface area contributed by atoms with Gasteiger partial charge >= 0.3 is 0 Å². The van der Waals surface area contributed by atoms with E-state index < -0.39 is 0 Å². The number of hydrogen-bond acceptors (Lipinski definition) is 4. The van der Waals surface area contributed by atoms with Crippen molar-refractivity contribution in [3.8, 4) is 0 Å². The molecule has 1 rings (SSSR count). The average molecular weight is 141 g/mol. The Morgan fingerprint density at radius 2 is 2.67 bits per heavy atom. The summed E-state index contributed by atoms with van der Waals surface area (Å²) in [6.45, 7) is 5.53. The number of nitrogens with one attached hydrogen (secondary N) is 1. The maximum absolute atomic E-state index is 3.75. The van der Waals surface area contributed by atoms with E-state index in [1.54, 1.807) is 5.51 Å². The van der Waals surface area contributed by atoms with Crippen LogP contribution in [0.4, 0.5) is 5.13 Å². The van der Waals surface area contributed by atoms with Crippen molar-refractivity contribution in [1.82, 2.24) is 10.2 Å². The van der Waals surface area contributed by atoms with E-state index >= 15 is 0 Å². The molecule has 1 heterocycles. The lowest BCUT2D eigenvalue weighted by atomic mass is 10.6. The zero-order chi connectivity index (χ0) is 6.69. The molecule has 0 atom stereocenters. The van der Waals surface area contributed by atoms with Crippen LogP contribution >= 0.6 is 11.3 Å². The first-order chi connectivity index (χ1) is 4.29. The quantitative estimate of drug-likeness (QED) is 0.678. The second kappa shape index (κ2) is 2.59. The minimum atomic E-state index is 0.794. The van der Waals surface area contributed by atoms with Gasteiger partial charge in [-0.3, -0.25) is 0 Å². The van der Waals surface area contributed by atoms with Crippen molar-refractivity contribution in [1.29, 1.82) is 0 Å². The Bertz CT molecular complexity index is 192. The van der Waals surface area contributed by atoms with Crippen molar-refractivity contribution in [2.75, 3.05) is 5.32 Å². The van der Waals surface area contributed by atoms with E-state index in [0.717, 1.165) is 10.8 Å². The highest BCUT2D eigenvalue weighted by Gasteiger charge is 1.91. The predicted octanol–water partition coefficient (Wildman–Crippen LogP) is 1.48. The summed E-state index contributed by atoms with van der Waals surface area (Å²) in [6.07, 6.45) is 0. The number of rotatable bonds is 2. The van der Waals surface area contributed by atoms with E-state index in [4.69, 9.17) is 0 Å².